The smallest absolute Gasteiger partial charge is 0.404 e. The van der Waals surface area contributed by atoms with Crippen molar-refractivity contribution in [2.45, 2.75) is 18.9 Å². The highest BCUT2D eigenvalue weighted by atomic mass is 35.5. The van der Waals surface area contributed by atoms with E-state index in [1.807, 2.05) is 0 Å². The minimum atomic E-state index is -0.653. The third kappa shape index (κ3) is 3.78. The third-order valence-electron chi connectivity index (χ3n) is 1.95. The lowest BCUT2D eigenvalue weighted by molar-refractivity contribution is 0.0632. The average molecular weight is 195 g/mol. The molecule has 0 aromatic rings. The first-order valence-corrected chi connectivity index (χ1v) is 3.83. The molecule has 1 aliphatic heterocycles. The van der Waals surface area contributed by atoms with Crippen molar-refractivity contribution in [3.8, 4) is 0 Å². The summed E-state index contributed by atoms with van der Waals surface area (Å²) in [6.07, 6.45) is 1.20. The second-order valence-electron chi connectivity index (χ2n) is 2.94. The molecule has 0 unspecified atom stereocenters. The van der Waals surface area contributed by atoms with E-state index in [9.17, 15) is 4.79 Å². The van der Waals surface area contributed by atoms with Crippen LogP contribution in [-0.2, 0) is 4.74 Å². The van der Waals surface area contributed by atoms with Crippen LogP contribution in [0.1, 0.15) is 12.8 Å². The van der Waals surface area contributed by atoms with E-state index in [4.69, 9.17) is 10.5 Å². The van der Waals surface area contributed by atoms with Gasteiger partial charge >= 0.3 is 6.09 Å². The van der Waals surface area contributed by atoms with Crippen LogP contribution in [0.15, 0.2) is 0 Å². The number of carbonyl (C=O) groups excluding carboxylic acids is 1. The van der Waals surface area contributed by atoms with Gasteiger partial charge in [-0.3, -0.25) is 0 Å². The van der Waals surface area contributed by atoms with Crippen LogP contribution < -0.4 is 5.73 Å². The van der Waals surface area contributed by atoms with E-state index in [0.29, 0.717) is 0 Å². The Morgan fingerprint density at radius 2 is 2.00 bits per heavy atom. The Morgan fingerprint density at radius 1 is 1.50 bits per heavy atom. The molecule has 2 N–H and O–H groups in total. The standard InChI is InChI=1S/C7H14N2O2.ClH/c1-9-4-2-6(3-5-9)11-7(8)10;/h6H,2-5H2,1H3,(H2,8,10);1H. The van der Waals surface area contributed by atoms with Gasteiger partial charge in [0, 0.05) is 13.1 Å². The molecule has 0 spiro atoms. The molecule has 5 heteroatoms. The highest BCUT2D eigenvalue weighted by molar-refractivity contribution is 5.85. The molecule has 1 fully saturated rings. The SMILES string of the molecule is CN1CCC(OC(N)=O)CC1.Cl. The van der Waals surface area contributed by atoms with Crippen molar-refractivity contribution in [2.75, 3.05) is 20.1 Å². The van der Waals surface area contributed by atoms with Crippen LogP contribution >= 0.6 is 12.4 Å². The summed E-state index contributed by atoms with van der Waals surface area (Å²) in [7, 11) is 2.06. The molecule has 4 nitrogen and oxygen atoms in total. The van der Waals surface area contributed by atoms with Gasteiger partial charge in [-0.2, -0.15) is 0 Å². The van der Waals surface area contributed by atoms with Crippen LogP contribution in [-0.4, -0.2) is 37.2 Å². The summed E-state index contributed by atoms with van der Waals surface area (Å²) < 4.78 is 4.85. The number of amides is 1. The van der Waals surface area contributed by atoms with E-state index in [1.54, 1.807) is 0 Å². The zero-order chi connectivity index (χ0) is 8.27. The van der Waals surface area contributed by atoms with Crippen molar-refractivity contribution in [2.24, 2.45) is 5.73 Å². The van der Waals surface area contributed by atoms with Gasteiger partial charge in [0.2, 0.25) is 0 Å². The number of hydrogen-bond donors (Lipinski definition) is 1. The Morgan fingerprint density at radius 3 is 2.42 bits per heavy atom. The molecule has 72 valence electrons. The Balaban J connectivity index is 0.00000121. The molecule has 1 rings (SSSR count). The highest BCUT2D eigenvalue weighted by Crippen LogP contribution is 2.11. The van der Waals surface area contributed by atoms with Crippen LogP contribution in [0.25, 0.3) is 0 Å². The number of nitrogens with zero attached hydrogens (tertiary/aromatic N) is 1. The summed E-state index contributed by atoms with van der Waals surface area (Å²) in [5, 5.41) is 0. The molecule has 0 aromatic heterocycles. The maximum absolute atomic E-state index is 10.3. The monoisotopic (exact) mass is 194 g/mol. The topological polar surface area (TPSA) is 55.6 Å². The Labute approximate surface area is 78.5 Å². The largest absolute Gasteiger partial charge is 0.446 e. The molecule has 0 saturated carbocycles. The maximum Gasteiger partial charge on any atom is 0.404 e. The molecule has 0 aliphatic carbocycles. The number of hydrogen-bond acceptors (Lipinski definition) is 3. The number of piperidine rings is 1. The van der Waals surface area contributed by atoms with E-state index in [2.05, 4.69) is 11.9 Å². The fraction of sp³-hybridized carbons (Fsp3) is 0.857. The molecule has 0 atom stereocenters. The molecular weight excluding hydrogens is 180 g/mol. The first-order valence-electron chi connectivity index (χ1n) is 3.83. The number of carbonyl (C=O) groups is 1. The molecule has 12 heavy (non-hydrogen) atoms. The summed E-state index contributed by atoms with van der Waals surface area (Å²) in [5.74, 6) is 0. The van der Waals surface area contributed by atoms with Crippen LogP contribution in [0.4, 0.5) is 4.79 Å². The fourth-order valence-corrected chi connectivity index (χ4v) is 1.27. The van der Waals surface area contributed by atoms with Crippen molar-refractivity contribution in [1.82, 2.24) is 4.90 Å². The van der Waals surface area contributed by atoms with E-state index < -0.39 is 6.09 Å². The predicted octanol–water partition coefficient (Wildman–Crippen LogP) is 0.598. The summed E-state index contributed by atoms with van der Waals surface area (Å²) in [4.78, 5) is 12.5. The molecule has 1 aliphatic rings. The summed E-state index contributed by atoms with van der Waals surface area (Å²) >= 11 is 0. The molecule has 0 bridgehead atoms. The maximum atomic E-state index is 10.3. The van der Waals surface area contributed by atoms with Gasteiger partial charge < -0.3 is 15.4 Å². The lowest BCUT2D eigenvalue weighted by Crippen LogP contribution is -2.36. The van der Waals surface area contributed by atoms with Gasteiger partial charge in [-0.15, -0.1) is 12.4 Å². The van der Waals surface area contributed by atoms with Crippen molar-refractivity contribution >= 4 is 18.5 Å². The van der Waals surface area contributed by atoms with Crippen molar-refractivity contribution < 1.29 is 9.53 Å². The molecule has 1 amide bonds. The van der Waals surface area contributed by atoms with Gasteiger partial charge in [0.05, 0.1) is 0 Å². The molecular formula is C7H15ClN2O2. The van der Waals surface area contributed by atoms with Gasteiger partial charge in [-0.05, 0) is 19.9 Å². The number of primary amides is 1. The highest BCUT2D eigenvalue weighted by Gasteiger charge is 2.18. The lowest BCUT2D eigenvalue weighted by atomic mass is 10.1. The minimum Gasteiger partial charge on any atom is -0.446 e. The van der Waals surface area contributed by atoms with E-state index in [-0.39, 0.29) is 18.5 Å². The van der Waals surface area contributed by atoms with E-state index >= 15 is 0 Å². The Hall–Kier alpha value is -0.480. The van der Waals surface area contributed by atoms with Crippen LogP contribution in [0.3, 0.4) is 0 Å². The summed E-state index contributed by atoms with van der Waals surface area (Å²) in [6.45, 7) is 1.97. The zero-order valence-electron chi connectivity index (χ0n) is 7.16. The van der Waals surface area contributed by atoms with E-state index in [1.165, 1.54) is 0 Å². The van der Waals surface area contributed by atoms with Gasteiger partial charge in [0.15, 0.2) is 0 Å². The second-order valence-corrected chi connectivity index (χ2v) is 2.94. The van der Waals surface area contributed by atoms with Crippen molar-refractivity contribution in [1.29, 1.82) is 0 Å². The van der Waals surface area contributed by atoms with Gasteiger partial charge in [-0.25, -0.2) is 4.79 Å². The third-order valence-corrected chi connectivity index (χ3v) is 1.95. The van der Waals surface area contributed by atoms with Crippen molar-refractivity contribution in [3.05, 3.63) is 0 Å². The van der Waals surface area contributed by atoms with Gasteiger partial charge in [-0.1, -0.05) is 0 Å². The normalized spacial score (nSPS) is 19.8. The quantitative estimate of drug-likeness (QED) is 0.665. The number of rotatable bonds is 1. The minimum absolute atomic E-state index is 0. The fourth-order valence-electron chi connectivity index (χ4n) is 1.27. The summed E-state index contributed by atoms with van der Waals surface area (Å²) in [5.41, 5.74) is 4.88. The number of likely N-dealkylation sites (tertiary alicyclic amines) is 1. The molecule has 1 heterocycles. The number of halogens is 1. The van der Waals surface area contributed by atoms with Gasteiger partial charge in [0.1, 0.15) is 6.10 Å². The predicted molar refractivity (Wildman–Crippen MR) is 48.4 cm³/mol. The van der Waals surface area contributed by atoms with Crippen molar-refractivity contribution in [3.63, 3.8) is 0 Å². The molecule has 0 radical (unpaired) electrons. The first-order chi connectivity index (χ1) is 5.18. The summed E-state index contributed by atoms with van der Waals surface area (Å²) in [6, 6.07) is 0. The first kappa shape index (κ1) is 11.5. The van der Waals surface area contributed by atoms with E-state index in [0.717, 1.165) is 25.9 Å². The second kappa shape index (κ2) is 5.22. The van der Waals surface area contributed by atoms with Crippen LogP contribution in [0, 0.1) is 0 Å². The molecule has 1 saturated heterocycles. The number of ether oxygens (including phenoxy) is 1. The average Bonchev–Trinajstić information content (AvgIpc) is 1.93. The number of nitrogens with two attached hydrogens (primary N) is 1. The Bertz CT molecular complexity index is 146. The van der Waals surface area contributed by atoms with Gasteiger partial charge in [0.25, 0.3) is 0 Å². The zero-order valence-corrected chi connectivity index (χ0v) is 7.97. The lowest BCUT2D eigenvalue weighted by Gasteiger charge is -2.27. The van der Waals surface area contributed by atoms with Crippen LogP contribution in [0.5, 0.6) is 0 Å². The Kier molecular flexibility index (Phi) is 5.01. The molecule has 0 aromatic carbocycles. The van der Waals surface area contributed by atoms with Crippen LogP contribution in [0.2, 0.25) is 0 Å².